The van der Waals surface area contributed by atoms with Crippen LogP contribution in [0.1, 0.15) is 64.6 Å². The molecular formula is C14H27ClN4O2. The molecule has 7 heteroatoms. The summed E-state index contributed by atoms with van der Waals surface area (Å²) >= 11 is 0. The second kappa shape index (κ2) is 9.00. The molecule has 0 aliphatic rings. The Bertz CT molecular complexity index is 430. The Balaban J connectivity index is 0.00000400. The van der Waals surface area contributed by atoms with Crippen molar-refractivity contribution < 1.29 is 9.32 Å². The molecular weight excluding hydrogens is 292 g/mol. The van der Waals surface area contributed by atoms with Crippen LogP contribution >= 0.6 is 12.4 Å². The number of carbonyl (C=O) groups is 1. The van der Waals surface area contributed by atoms with Gasteiger partial charge < -0.3 is 15.6 Å². The normalized spacial score (nSPS) is 11.3. The number of aryl methyl sites for hydroxylation is 1. The van der Waals surface area contributed by atoms with Crippen LogP contribution in [0, 0.1) is 0 Å². The molecule has 0 unspecified atom stereocenters. The highest BCUT2D eigenvalue weighted by Crippen LogP contribution is 2.11. The van der Waals surface area contributed by atoms with Crippen molar-refractivity contribution in [2.75, 3.05) is 6.54 Å². The van der Waals surface area contributed by atoms with Gasteiger partial charge in [0, 0.05) is 30.8 Å². The van der Waals surface area contributed by atoms with Gasteiger partial charge in [0.1, 0.15) is 0 Å². The van der Waals surface area contributed by atoms with Gasteiger partial charge in [-0.1, -0.05) is 32.9 Å². The van der Waals surface area contributed by atoms with Crippen molar-refractivity contribution in [3.05, 3.63) is 11.7 Å². The van der Waals surface area contributed by atoms with E-state index >= 15 is 0 Å². The van der Waals surface area contributed by atoms with E-state index in [0.717, 1.165) is 12.8 Å². The number of hydrogen-bond donors (Lipinski definition) is 2. The first-order chi connectivity index (χ1) is 9.40. The molecule has 1 rings (SSSR count). The summed E-state index contributed by atoms with van der Waals surface area (Å²) in [5.74, 6) is 1.38. The van der Waals surface area contributed by atoms with E-state index in [4.69, 9.17) is 10.3 Å². The number of amides is 1. The first-order valence-electron chi connectivity index (χ1n) is 7.28. The fourth-order valence-corrected chi connectivity index (χ4v) is 1.69. The zero-order chi connectivity index (χ0) is 15.2. The third kappa shape index (κ3) is 6.44. The number of rotatable bonds is 8. The van der Waals surface area contributed by atoms with Crippen LogP contribution in [0.5, 0.6) is 0 Å². The summed E-state index contributed by atoms with van der Waals surface area (Å²) in [5, 5.41) is 6.74. The summed E-state index contributed by atoms with van der Waals surface area (Å²) in [7, 11) is 0. The van der Waals surface area contributed by atoms with Crippen LogP contribution in [0.25, 0.3) is 0 Å². The molecule has 1 aromatic heterocycles. The fourth-order valence-electron chi connectivity index (χ4n) is 1.69. The Morgan fingerprint density at radius 2 is 2.00 bits per heavy atom. The van der Waals surface area contributed by atoms with E-state index in [2.05, 4.69) is 15.5 Å². The highest BCUT2D eigenvalue weighted by atomic mass is 35.5. The van der Waals surface area contributed by atoms with Crippen LogP contribution in [0.4, 0.5) is 0 Å². The van der Waals surface area contributed by atoms with Gasteiger partial charge in [-0.25, -0.2) is 0 Å². The molecule has 6 nitrogen and oxygen atoms in total. The van der Waals surface area contributed by atoms with Crippen molar-refractivity contribution in [3.63, 3.8) is 0 Å². The number of nitrogens with one attached hydrogen (secondary N) is 1. The predicted molar refractivity (Wildman–Crippen MR) is 84.5 cm³/mol. The molecule has 0 bridgehead atoms. The molecule has 0 aliphatic carbocycles. The van der Waals surface area contributed by atoms with Crippen molar-refractivity contribution in [3.8, 4) is 0 Å². The molecule has 1 heterocycles. The minimum absolute atomic E-state index is 0. The summed E-state index contributed by atoms with van der Waals surface area (Å²) < 4.78 is 5.10. The molecule has 0 atom stereocenters. The molecule has 1 aromatic rings. The van der Waals surface area contributed by atoms with E-state index in [-0.39, 0.29) is 29.8 Å². The Labute approximate surface area is 132 Å². The van der Waals surface area contributed by atoms with Crippen molar-refractivity contribution in [1.29, 1.82) is 0 Å². The van der Waals surface area contributed by atoms with Gasteiger partial charge in [-0.2, -0.15) is 4.98 Å². The minimum Gasteiger partial charge on any atom is -0.354 e. The molecule has 0 saturated heterocycles. The van der Waals surface area contributed by atoms with Gasteiger partial charge in [-0.05, 0) is 12.8 Å². The lowest BCUT2D eigenvalue weighted by Crippen LogP contribution is -2.49. The summed E-state index contributed by atoms with van der Waals surface area (Å²) in [5.41, 5.74) is 5.82. The molecule has 21 heavy (non-hydrogen) atoms. The second-order valence-corrected chi connectivity index (χ2v) is 5.55. The largest absolute Gasteiger partial charge is 0.354 e. The second-order valence-electron chi connectivity index (χ2n) is 5.55. The van der Waals surface area contributed by atoms with Gasteiger partial charge in [0.25, 0.3) is 0 Å². The molecule has 0 radical (unpaired) electrons. The third-order valence-electron chi connectivity index (χ3n) is 3.61. The quantitative estimate of drug-likeness (QED) is 0.766. The summed E-state index contributed by atoms with van der Waals surface area (Å²) in [6.45, 7) is 8.55. The van der Waals surface area contributed by atoms with Crippen LogP contribution in [0.3, 0.4) is 0 Å². The lowest BCUT2D eigenvalue weighted by molar-refractivity contribution is -0.121. The Hall–Kier alpha value is -1.14. The Kier molecular flexibility index (Phi) is 8.51. The number of carbonyl (C=O) groups excluding carboxylic acids is 1. The van der Waals surface area contributed by atoms with Gasteiger partial charge in [0.15, 0.2) is 5.82 Å². The van der Waals surface area contributed by atoms with Crippen LogP contribution in [0.2, 0.25) is 0 Å². The average Bonchev–Trinajstić information content (AvgIpc) is 2.91. The maximum Gasteiger partial charge on any atom is 0.227 e. The van der Waals surface area contributed by atoms with E-state index in [9.17, 15) is 4.79 Å². The fraction of sp³-hybridized carbons (Fsp3) is 0.786. The first kappa shape index (κ1) is 19.9. The molecule has 0 aromatic carbocycles. The summed E-state index contributed by atoms with van der Waals surface area (Å²) in [6, 6.07) is 0. The van der Waals surface area contributed by atoms with E-state index in [1.807, 2.05) is 27.7 Å². The maximum absolute atomic E-state index is 11.8. The van der Waals surface area contributed by atoms with Crippen LogP contribution < -0.4 is 11.1 Å². The third-order valence-corrected chi connectivity index (χ3v) is 3.61. The number of halogens is 1. The average molecular weight is 319 g/mol. The number of aromatic nitrogens is 2. The highest BCUT2D eigenvalue weighted by Gasteiger charge is 2.21. The van der Waals surface area contributed by atoms with Crippen molar-refractivity contribution in [2.24, 2.45) is 5.73 Å². The zero-order valence-corrected chi connectivity index (χ0v) is 14.1. The number of hydrogen-bond acceptors (Lipinski definition) is 5. The molecule has 0 fully saturated rings. The van der Waals surface area contributed by atoms with Gasteiger partial charge in [0.2, 0.25) is 11.8 Å². The van der Waals surface area contributed by atoms with Gasteiger partial charge in [0.05, 0.1) is 0 Å². The molecule has 122 valence electrons. The van der Waals surface area contributed by atoms with Crippen LogP contribution in [-0.4, -0.2) is 28.1 Å². The predicted octanol–water partition coefficient (Wildman–Crippen LogP) is 2.18. The standard InChI is InChI=1S/C14H26N4O2.ClH/c1-5-14(15,6-2)9-16-11(19)7-8-12-17-13(10(3)4)18-20-12;/h10H,5-9,15H2,1-4H3,(H,16,19);1H. The minimum atomic E-state index is -0.315. The van der Waals surface area contributed by atoms with E-state index in [0.29, 0.717) is 31.1 Å². The van der Waals surface area contributed by atoms with Gasteiger partial charge in [-0.15, -0.1) is 12.4 Å². The maximum atomic E-state index is 11.8. The van der Waals surface area contributed by atoms with Crippen molar-refractivity contribution in [1.82, 2.24) is 15.5 Å². The highest BCUT2D eigenvalue weighted by molar-refractivity contribution is 5.85. The lowest BCUT2D eigenvalue weighted by Gasteiger charge is -2.26. The van der Waals surface area contributed by atoms with Crippen molar-refractivity contribution in [2.45, 2.75) is 64.8 Å². The van der Waals surface area contributed by atoms with E-state index in [1.54, 1.807) is 0 Å². The smallest absolute Gasteiger partial charge is 0.227 e. The number of nitrogens with two attached hydrogens (primary N) is 1. The lowest BCUT2D eigenvalue weighted by atomic mass is 9.94. The SMILES string of the molecule is CCC(N)(CC)CNC(=O)CCc1nc(C(C)C)no1.Cl. The molecule has 0 saturated carbocycles. The Morgan fingerprint density at radius 1 is 1.38 bits per heavy atom. The van der Waals surface area contributed by atoms with Gasteiger partial charge >= 0.3 is 0 Å². The van der Waals surface area contributed by atoms with E-state index < -0.39 is 0 Å². The zero-order valence-electron chi connectivity index (χ0n) is 13.3. The first-order valence-corrected chi connectivity index (χ1v) is 7.28. The monoisotopic (exact) mass is 318 g/mol. The van der Waals surface area contributed by atoms with E-state index in [1.165, 1.54) is 0 Å². The molecule has 3 N–H and O–H groups in total. The Morgan fingerprint density at radius 3 is 2.48 bits per heavy atom. The van der Waals surface area contributed by atoms with Crippen LogP contribution in [0.15, 0.2) is 4.52 Å². The molecule has 1 amide bonds. The van der Waals surface area contributed by atoms with Gasteiger partial charge in [-0.3, -0.25) is 4.79 Å². The molecule has 0 aliphatic heterocycles. The van der Waals surface area contributed by atoms with Crippen molar-refractivity contribution >= 4 is 18.3 Å². The van der Waals surface area contributed by atoms with Crippen LogP contribution in [-0.2, 0) is 11.2 Å². The summed E-state index contributed by atoms with van der Waals surface area (Å²) in [4.78, 5) is 16.0. The molecule has 0 spiro atoms. The topological polar surface area (TPSA) is 94.0 Å². The summed E-state index contributed by atoms with van der Waals surface area (Å²) in [6.07, 6.45) is 2.47. The number of nitrogens with zero attached hydrogens (tertiary/aromatic N) is 2.